The third-order valence-corrected chi connectivity index (χ3v) is 2.45. The van der Waals surface area contributed by atoms with E-state index in [0.717, 1.165) is 6.07 Å². The first-order valence-corrected chi connectivity index (χ1v) is 8.13. The highest BCUT2D eigenvalue weighted by Gasteiger charge is 2.15. The van der Waals surface area contributed by atoms with Crippen LogP contribution in [0.4, 0.5) is 10.2 Å². The number of nitro groups is 1. The average Bonchev–Trinajstić information content (AvgIpc) is 2.13. The molecule has 84 valence electrons. The van der Waals surface area contributed by atoms with Crippen molar-refractivity contribution in [2.24, 2.45) is 0 Å². The fraction of sp³-hybridized carbons (Fsp3) is 0.300. The zero-order valence-corrected chi connectivity index (χ0v) is 10.2. The van der Waals surface area contributed by atoms with Crippen molar-refractivity contribution in [2.75, 3.05) is 0 Å². The van der Waals surface area contributed by atoms with Crippen molar-refractivity contribution >= 4 is 13.9 Å². The van der Waals surface area contributed by atoms with Crippen LogP contribution in [0.3, 0.4) is 0 Å². The van der Waals surface area contributed by atoms with Gasteiger partial charge in [-0.2, -0.15) is 4.39 Å². The summed E-state index contributed by atoms with van der Waals surface area (Å²) in [5.74, 6) is 1.06. The highest BCUT2D eigenvalue weighted by Crippen LogP contribution is 2.13. The van der Waals surface area contributed by atoms with E-state index in [4.69, 9.17) is 0 Å². The van der Waals surface area contributed by atoms with Gasteiger partial charge in [-0.1, -0.05) is 25.6 Å². The summed E-state index contributed by atoms with van der Waals surface area (Å²) in [6.07, 6.45) is 1.22. The molecule has 0 saturated heterocycles. The Bertz CT molecular complexity index is 486. The van der Waals surface area contributed by atoms with Crippen LogP contribution in [0.2, 0.25) is 19.6 Å². The topological polar surface area (TPSA) is 56.0 Å². The van der Waals surface area contributed by atoms with E-state index in [1.54, 1.807) is 0 Å². The molecule has 1 rings (SSSR count). The minimum absolute atomic E-state index is 0.366. The lowest BCUT2D eigenvalue weighted by atomic mass is 10.3. The number of pyridine rings is 1. The molecular formula is C10H11FN2O2Si. The summed E-state index contributed by atoms with van der Waals surface area (Å²) in [4.78, 5) is 12.9. The van der Waals surface area contributed by atoms with E-state index in [-0.39, 0.29) is 0 Å². The molecular weight excluding hydrogens is 227 g/mol. The Labute approximate surface area is 93.7 Å². The van der Waals surface area contributed by atoms with Gasteiger partial charge in [0.25, 0.3) is 0 Å². The van der Waals surface area contributed by atoms with E-state index < -0.39 is 24.6 Å². The van der Waals surface area contributed by atoms with Crippen LogP contribution in [0.25, 0.3) is 0 Å². The van der Waals surface area contributed by atoms with Gasteiger partial charge >= 0.3 is 5.82 Å². The molecule has 0 fully saturated rings. The molecule has 0 aliphatic carbocycles. The van der Waals surface area contributed by atoms with Crippen LogP contribution in [0.15, 0.2) is 12.3 Å². The Morgan fingerprint density at radius 3 is 2.56 bits per heavy atom. The molecule has 1 heterocycles. The molecule has 4 nitrogen and oxygen atoms in total. The highest BCUT2D eigenvalue weighted by molar-refractivity contribution is 6.83. The minimum Gasteiger partial charge on any atom is -0.358 e. The van der Waals surface area contributed by atoms with Crippen LogP contribution in [0, 0.1) is 27.4 Å². The molecule has 0 aromatic carbocycles. The van der Waals surface area contributed by atoms with Gasteiger partial charge in [0.05, 0.1) is 5.56 Å². The SMILES string of the molecule is C[Si](C)(C)C#Cc1cnc([N+](=O)[O-])c(F)c1. The van der Waals surface area contributed by atoms with Gasteiger partial charge in [-0.15, -0.1) is 5.54 Å². The molecule has 1 aromatic heterocycles. The Kier molecular flexibility index (Phi) is 3.40. The molecule has 0 saturated carbocycles. The molecule has 0 spiro atoms. The van der Waals surface area contributed by atoms with Crippen LogP contribution >= 0.6 is 0 Å². The Morgan fingerprint density at radius 1 is 1.50 bits per heavy atom. The van der Waals surface area contributed by atoms with Crippen LogP contribution < -0.4 is 0 Å². The molecule has 0 radical (unpaired) electrons. The lowest BCUT2D eigenvalue weighted by molar-refractivity contribution is -0.392. The van der Waals surface area contributed by atoms with Crippen LogP contribution in [0.5, 0.6) is 0 Å². The van der Waals surface area contributed by atoms with E-state index in [2.05, 4.69) is 36.1 Å². The second-order valence-corrected chi connectivity index (χ2v) is 9.04. The predicted octanol–water partition coefficient (Wildman–Crippen LogP) is 2.36. The molecule has 0 N–H and O–H groups in total. The Balaban J connectivity index is 3.06. The number of nitrogens with zero attached hydrogens (tertiary/aromatic N) is 2. The number of halogens is 1. The maximum Gasteiger partial charge on any atom is 0.399 e. The van der Waals surface area contributed by atoms with Crippen molar-refractivity contribution in [3.05, 3.63) is 33.8 Å². The van der Waals surface area contributed by atoms with Crippen molar-refractivity contribution in [2.45, 2.75) is 19.6 Å². The van der Waals surface area contributed by atoms with Gasteiger partial charge in [0.1, 0.15) is 8.07 Å². The molecule has 0 aliphatic rings. The summed E-state index contributed by atoms with van der Waals surface area (Å²) in [6.45, 7) is 6.15. The largest absolute Gasteiger partial charge is 0.399 e. The number of hydrogen-bond donors (Lipinski definition) is 0. The first kappa shape index (κ1) is 12.3. The second kappa shape index (κ2) is 4.41. The van der Waals surface area contributed by atoms with Crippen molar-refractivity contribution in [3.63, 3.8) is 0 Å². The summed E-state index contributed by atoms with van der Waals surface area (Å²) < 4.78 is 13.2. The number of rotatable bonds is 1. The van der Waals surface area contributed by atoms with Crippen molar-refractivity contribution < 1.29 is 9.31 Å². The van der Waals surface area contributed by atoms with E-state index in [9.17, 15) is 14.5 Å². The van der Waals surface area contributed by atoms with Crippen molar-refractivity contribution in [1.82, 2.24) is 4.98 Å². The van der Waals surface area contributed by atoms with Crippen LogP contribution in [0.1, 0.15) is 5.56 Å². The van der Waals surface area contributed by atoms with Gasteiger partial charge in [-0.05, 0) is 9.91 Å². The Morgan fingerprint density at radius 2 is 2.12 bits per heavy atom. The van der Waals surface area contributed by atoms with Gasteiger partial charge in [0.15, 0.2) is 6.20 Å². The monoisotopic (exact) mass is 238 g/mol. The van der Waals surface area contributed by atoms with Gasteiger partial charge in [-0.3, -0.25) is 0 Å². The third-order valence-electron chi connectivity index (χ3n) is 1.58. The summed E-state index contributed by atoms with van der Waals surface area (Å²) in [7, 11) is -1.54. The highest BCUT2D eigenvalue weighted by atomic mass is 28.3. The minimum atomic E-state index is -1.54. The van der Waals surface area contributed by atoms with Crippen molar-refractivity contribution in [3.8, 4) is 11.5 Å². The Hall–Kier alpha value is -1.74. The first-order valence-electron chi connectivity index (χ1n) is 4.63. The first-order chi connectivity index (χ1) is 7.29. The average molecular weight is 238 g/mol. The normalized spacial score (nSPS) is 10.5. The van der Waals surface area contributed by atoms with E-state index >= 15 is 0 Å². The standard InChI is InChI=1S/C10H11FN2O2Si/c1-16(2,3)5-4-8-6-9(11)10(12-7-8)13(14)15/h6-7H,1-3H3. The molecule has 16 heavy (non-hydrogen) atoms. The lowest BCUT2D eigenvalue weighted by Crippen LogP contribution is -2.16. The summed E-state index contributed by atoms with van der Waals surface area (Å²) in [6, 6.07) is 1.04. The summed E-state index contributed by atoms with van der Waals surface area (Å²) >= 11 is 0. The lowest BCUT2D eigenvalue weighted by Gasteiger charge is -2.02. The molecule has 1 aromatic rings. The molecule has 0 atom stereocenters. The predicted molar refractivity (Wildman–Crippen MR) is 61.1 cm³/mol. The molecule has 6 heteroatoms. The zero-order chi connectivity index (χ0) is 12.3. The molecule has 0 bridgehead atoms. The summed E-state index contributed by atoms with van der Waals surface area (Å²) in [5, 5.41) is 10.3. The van der Waals surface area contributed by atoms with Gasteiger partial charge in [-0.25, -0.2) is 0 Å². The second-order valence-electron chi connectivity index (χ2n) is 4.29. The fourth-order valence-electron chi connectivity index (χ4n) is 0.893. The molecule has 0 aliphatic heterocycles. The van der Waals surface area contributed by atoms with E-state index in [1.807, 2.05) is 0 Å². The van der Waals surface area contributed by atoms with Gasteiger partial charge < -0.3 is 10.1 Å². The number of aromatic nitrogens is 1. The fourth-order valence-corrected chi connectivity index (χ4v) is 1.41. The van der Waals surface area contributed by atoms with Crippen LogP contribution in [-0.2, 0) is 0 Å². The van der Waals surface area contributed by atoms with Crippen molar-refractivity contribution in [1.29, 1.82) is 0 Å². The third kappa shape index (κ3) is 3.44. The van der Waals surface area contributed by atoms with E-state index in [1.165, 1.54) is 6.20 Å². The smallest absolute Gasteiger partial charge is 0.358 e. The zero-order valence-electron chi connectivity index (χ0n) is 9.24. The van der Waals surface area contributed by atoms with Gasteiger partial charge in [0.2, 0.25) is 5.82 Å². The van der Waals surface area contributed by atoms with Gasteiger partial charge in [0, 0.05) is 6.07 Å². The van der Waals surface area contributed by atoms with Crippen LogP contribution in [-0.4, -0.2) is 18.0 Å². The van der Waals surface area contributed by atoms with E-state index in [0.29, 0.717) is 5.56 Å². The maximum atomic E-state index is 13.2. The molecule has 0 unspecified atom stereocenters. The summed E-state index contributed by atoms with van der Waals surface area (Å²) in [5.41, 5.74) is 3.39. The quantitative estimate of drug-likeness (QED) is 0.326. The molecule has 0 amide bonds. The number of hydrogen-bond acceptors (Lipinski definition) is 3. The maximum absolute atomic E-state index is 13.2.